The van der Waals surface area contributed by atoms with Crippen LogP contribution in [0.5, 0.6) is 0 Å². The van der Waals surface area contributed by atoms with E-state index in [1.165, 1.54) is 0 Å². The third-order valence-corrected chi connectivity index (χ3v) is 3.07. The molecule has 0 radical (unpaired) electrons. The molecule has 0 spiro atoms. The molecular weight excluding hydrogens is 240 g/mol. The van der Waals surface area contributed by atoms with Gasteiger partial charge in [0, 0.05) is 24.9 Å². The molecule has 0 aliphatic heterocycles. The lowest BCUT2D eigenvalue weighted by Crippen LogP contribution is -2.28. The van der Waals surface area contributed by atoms with Crippen LogP contribution in [-0.2, 0) is 4.79 Å². The lowest BCUT2D eigenvalue weighted by molar-refractivity contribution is -0.131. The van der Waals surface area contributed by atoms with Crippen LogP contribution in [0.1, 0.15) is 24.5 Å². The highest BCUT2D eigenvalue weighted by atomic mass is 16.4. The van der Waals surface area contributed by atoms with Gasteiger partial charge in [-0.15, -0.1) is 0 Å². The van der Waals surface area contributed by atoms with Gasteiger partial charge in [-0.1, -0.05) is 6.07 Å². The van der Waals surface area contributed by atoms with Gasteiger partial charge in [0.1, 0.15) is 0 Å². The van der Waals surface area contributed by atoms with E-state index in [0.717, 1.165) is 22.9 Å². The Bertz CT molecular complexity index is 529. The van der Waals surface area contributed by atoms with Gasteiger partial charge in [0.15, 0.2) is 0 Å². The molecular formula is C15H18N2O2. The highest BCUT2D eigenvalue weighted by Gasteiger charge is 2.11. The van der Waals surface area contributed by atoms with Gasteiger partial charge in [-0.3, -0.25) is 0 Å². The molecule has 1 aromatic carbocycles. The summed E-state index contributed by atoms with van der Waals surface area (Å²) in [4.78, 5) is 12.5. The van der Waals surface area contributed by atoms with Gasteiger partial charge in [-0.25, -0.2) is 4.79 Å². The van der Waals surface area contributed by atoms with E-state index in [1.807, 2.05) is 39.1 Å². The molecule has 0 fully saturated rings. The largest absolute Gasteiger partial charge is 0.478 e. The minimum absolute atomic E-state index is 0.143. The summed E-state index contributed by atoms with van der Waals surface area (Å²) in [6, 6.07) is 8.06. The summed E-state index contributed by atoms with van der Waals surface area (Å²) in [6.45, 7) is 3.98. The van der Waals surface area contributed by atoms with Crippen molar-refractivity contribution < 1.29 is 9.90 Å². The van der Waals surface area contributed by atoms with Gasteiger partial charge in [-0.2, -0.15) is 5.26 Å². The lowest BCUT2D eigenvalue weighted by Gasteiger charge is -2.27. The zero-order valence-corrected chi connectivity index (χ0v) is 11.4. The fourth-order valence-electron chi connectivity index (χ4n) is 1.85. The van der Waals surface area contributed by atoms with Crippen molar-refractivity contribution in [2.24, 2.45) is 0 Å². The average Bonchev–Trinajstić information content (AvgIpc) is 2.36. The summed E-state index contributed by atoms with van der Waals surface area (Å²) in [6.07, 6.45) is 3.16. The predicted octanol–water partition coefficient (Wildman–Crippen LogP) is 2.83. The molecule has 4 heteroatoms. The fourth-order valence-corrected chi connectivity index (χ4v) is 1.85. The van der Waals surface area contributed by atoms with E-state index in [1.54, 1.807) is 6.08 Å². The van der Waals surface area contributed by atoms with Crippen LogP contribution in [0.3, 0.4) is 0 Å². The molecule has 1 atom stereocenters. The molecule has 0 aliphatic rings. The maximum atomic E-state index is 10.5. The summed E-state index contributed by atoms with van der Waals surface area (Å²) >= 11 is 0. The Morgan fingerprint density at radius 3 is 2.79 bits per heavy atom. The number of aliphatic carboxylic acids is 1. The molecule has 0 heterocycles. The van der Waals surface area contributed by atoms with Crippen LogP contribution in [-0.4, -0.2) is 24.2 Å². The Morgan fingerprint density at radius 1 is 1.58 bits per heavy atom. The van der Waals surface area contributed by atoms with Crippen LogP contribution in [0.2, 0.25) is 0 Å². The third-order valence-electron chi connectivity index (χ3n) is 3.07. The molecule has 1 unspecified atom stereocenters. The van der Waals surface area contributed by atoms with E-state index in [-0.39, 0.29) is 6.04 Å². The normalized spacial score (nSPS) is 12.1. The first-order valence-electron chi connectivity index (χ1n) is 6.07. The lowest BCUT2D eigenvalue weighted by atomic mass is 10.1. The molecule has 0 saturated heterocycles. The maximum absolute atomic E-state index is 10.5. The molecule has 100 valence electrons. The summed E-state index contributed by atoms with van der Waals surface area (Å²) in [5.74, 6) is -0.957. The first kappa shape index (κ1) is 14.8. The molecule has 1 N–H and O–H groups in total. The quantitative estimate of drug-likeness (QED) is 0.825. The zero-order valence-electron chi connectivity index (χ0n) is 11.4. The number of carboxylic acid groups (broad SMARTS) is 1. The van der Waals surface area contributed by atoms with E-state index in [4.69, 9.17) is 10.4 Å². The van der Waals surface area contributed by atoms with E-state index >= 15 is 0 Å². The second-order valence-corrected chi connectivity index (χ2v) is 4.54. The van der Waals surface area contributed by atoms with E-state index in [0.29, 0.717) is 6.42 Å². The second kappa shape index (κ2) is 6.60. The number of hydrogen-bond acceptors (Lipinski definition) is 3. The van der Waals surface area contributed by atoms with Gasteiger partial charge in [0.25, 0.3) is 0 Å². The van der Waals surface area contributed by atoms with Crippen molar-refractivity contribution in [2.45, 2.75) is 26.3 Å². The van der Waals surface area contributed by atoms with Crippen molar-refractivity contribution in [2.75, 3.05) is 11.9 Å². The molecule has 0 saturated carbocycles. The summed E-state index contributed by atoms with van der Waals surface area (Å²) in [5, 5.41) is 17.3. The van der Waals surface area contributed by atoms with Crippen molar-refractivity contribution >= 4 is 17.7 Å². The smallest absolute Gasteiger partial charge is 0.328 e. The Kier molecular flexibility index (Phi) is 5.13. The van der Waals surface area contributed by atoms with Crippen LogP contribution in [0.4, 0.5) is 5.69 Å². The molecule has 0 bridgehead atoms. The highest BCUT2D eigenvalue weighted by Crippen LogP contribution is 2.23. The number of carboxylic acids is 1. The molecule has 19 heavy (non-hydrogen) atoms. The first-order valence-corrected chi connectivity index (χ1v) is 6.07. The highest BCUT2D eigenvalue weighted by molar-refractivity contribution is 5.85. The Morgan fingerprint density at radius 2 is 2.26 bits per heavy atom. The number of aryl methyl sites for hydroxylation is 1. The van der Waals surface area contributed by atoms with Gasteiger partial charge in [0.2, 0.25) is 0 Å². The second-order valence-electron chi connectivity index (χ2n) is 4.54. The SMILES string of the molecule is Cc1cc(/C=C/C(=O)O)ccc1N(C)C(C)CC#N. The monoisotopic (exact) mass is 258 g/mol. The van der Waals surface area contributed by atoms with Crippen LogP contribution in [0.25, 0.3) is 6.08 Å². The zero-order chi connectivity index (χ0) is 14.4. The molecule has 0 aromatic heterocycles. The van der Waals surface area contributed by atoms with Gasteiger partial charge < -0.3 is 10.0 Å². The van der Waals surface area contributed by atoms with E-state index < -0.39 is 5.97 Å². The number of nitriles is 1. The Balaban J connectivity index is 2.94. The van der Waals surface area contributed by atoms with Crippen LogP contribution in [0.15, 0.2) is 24.3 Å². The van der Waals surface area contributed by atoms with Gasteiger partial charge in [0.05, 0.1) is 12.5 Å². The number of rotatable bonds is 5. The Labute approximate surface area is 113 Å². The standard InChI is InChI=1S/C15H18N2O2/c1-11-10-13(5-7-15(18)19)4-6-14(11)17(3)12(2)8-9-16/h4-7,10,12H,8H2,1-3H3,(H,18,19)/b7-5+. The summed E-state index contributed by atoms with van der Waals surface area (Å²) in [7, 11) is 1.96. The van der Waals surface area contributed by atoms with Gasteiger partial charge >= 0.3 is 5.97 Å². The third kappa shape index (κ3) is 4.14. The fraction of sp³-hybridized carbons (Fsp3) is 0.333. The molecule has 4 nitrogen and oxygen atoms in total. The number of hydrogen-bond donors (Lipinski definition) is 1. The number of benzene rings is 1. The van der Waals surface area contributed by atoms with Crippen molar-refractivity contribution in [1.29, 1.82) is 5.26 Å². The summed E-state index contributed by atoms with van der Waals surface area (Å²) in [5.41, 5.74) is 2.96. The van der Waals surface area contributed by atoms with Crippen LogP contribution >= 0.6 is 0 Å². The van der Waals surface area contributed by atoms with Crippen molar-refractivity contribution in [1.82, 2.24) is 0 Å². The van der Waals surface area contributed by atoms with E-state index in [9.17, 15) is 4.79 Å². The molecule has 1 aromatic rings. The molecule has 0 aliphatic carbocycles. The topological polar surface area (TPSA) is 64.3 Å². The van der Waals surface area contributed by atoms with Crippen molar-refractivity contribution in [3.05, 3.63) is 35.4 Å². The Hall–Kier alpha value is -2.28. The van der Waals surface area contributed by atoms with Crippen molar-refractivity contribution in [3.8, 4) is 6.07 Å². The van der Waals surface area contributed by atoms with Gasteiger partial charge in [-0.05, 0) is 43.2 Å². The first-order chi connectivity index (χ1) is 8.95. The molecule has 1 rings (SSSR count). The van der Waals surface area contributed by atoms with Crippen molar-refractivity contribution in [3.63, 3.8) is 0 Å². The van der Waals surface area contributed by atoms with Crippen LogP contribution in [0, 0.1) is 18.3 Å². The average molecular weight is 258 g/mol. The van der Waals surface area contributed by atoms with E-state index in [2.05, 4.69) is 11.0 Å². The number of nitrogens with zero attached hydrogens (tertiary/aromatic N) is 2. The maximum Gasteiger partial charge on any atom is 0.328 e. The predicted molar refractivity (Wildman–Crippen MR) is 75.9 cm³/mol. The minimum atomic E-state index is -0.957. The number of anilines is 1. The van der Waals surface area contributed by atoms with Crippen LogP contribution < -0.4 is 4.90 Å². The molecule has 0 amide bonds. The summed E-state index contributed by atoms with van der Waals surface area (Å²) < 4.78 is 0. The minimum Gasteiger partial charge on any atom is -0.478 e. The number of carbonyl (C=O) groups is 1.